The average Bonchev–Trinajstić information content (AvgIpc) is 2.44. The fraction of sp³-hybridized carbons (Fsp3) is 0.667. The van der Waals surface area contributed by atoms with Crippen molar-refractivity contribution >= 4 is 5.97 Å². The summed E-state index contributed by atoms with van der Waals surface area (Å²) in [5, 5.41) is 13.4. The second-order valence-electron chi connectivity index (χ2n) is 4.67. The van der Waals surface area contributed by atoms with E-state index in [2.05, 4.69) is 16.9 Å². The molecule has 0 radical (unpaired) electrons. The molecule has 17 heavy (non-hydrogen) atoms. The van der Waals surface area contributed by atoms with Gasteiger partial charge in [0, 0.05) is 24.3 Å². The Hall–Kier alpha value is -1.36. The molecular formula is C12H19N3O2. The maximum absolute atomic E-state index is 10.8. The monoisotopic (exact) mass is 237 g/mol. The van der Waals surface area contributed by atoms with Gasteiger partial charge in [-0.15, -0.1) is 0 Å². The highest BCUT2D eigenvalue weighted by Gasteiger charge is 2.29. The fourth-order valence-electron chi connectivity index (χ4n) is 2.42. The maximum Gasteiger partial charge on any atom is 0.307 e. The van der Waals surface area contributed by atoms with Crippen molar-refractivity contribution in [2.75, 3.05) is 19.6 Å². The van der Waals surface area contributed by atoms with Crippen LogP contribution in [-0.2, 0) is 11.2 Å². The highest BCUT2D eigenvalue weighted by molar-refractivity contribution is 5.70. The molecular weight excluding hydrogens is 218 g/mol. The Morgan fingerprint density at radius 1 is 1.47 bits per heavy atom. The first-order chi connectivity index (χ1) is 8.02. The topological polar surface area (TPSA) is 58.4 Å². The summed E-state index contributed by atoms with van der Waals surface area (Å²) in [6, 6.07) is 0.413. The van der Waals surface area contributed by atoms with E-state index in [1.165, 1.54) is 0 Å². The van der Waals surface area contributed by atoms with Crippen molar-refractivity contribution in [1.29, 1.82) is 0 Å². The average molecular weight is 237 g/mol. The second-order valence-corrected chi connectivity index (χ2v) is 4.67. The molecule has 1 aliphatic heterocycles. The predicted molar refractivity (Wildman–Crippen MR) is 64.2 cm³/mol. The smallest absolute Gasteiger partial charge is 0.307 e. The Bertz CT molecular complexity index is 433. The van der Waals surface area contributed by atoms with Crippen molar-refractivity contribution in [3.8, 4) is 0 Å². The normalized spacial score (nSPS) is 17.1. The first-order valence-corrected chi connectivity index (χ1v) is 6.01. The maximum atomic E-state index is 10.8. The zero-order chi connectivity index (χ0) is 12.6. The van der Waals surface area contributed by atoms with Gasteiger partial charge in [0.2, 0.25) is 0 Å². The Kier molecular flexibility index (Phi) is 3.19. The number of carbonyl (C=O) groups is 1. The van der Waals surface area contributed by atoms with Crippen LogP contribution in [0.3, 0.4) is 0 Å². The number of likely N-dealkylation sites (tertiary alicyclic amines) is 1. The zero-order valence-electron chi connectivity index (χ0n) is 10.6. The van der Waals surface area contributed by atoms with Gasteiger partial charge in [0.15, 0.2) is 0 Å². The van der Waals surface area contributed by atoms with Crippen LogP contribution in [0.1, 0.15) is 29.9 Å². The molecule has 5 nitrogen and oxygen atoms in total. The van der Waals surface area contributed by atoms with E-state index in [9.17, 15) is 4.79 Å². The molecule has 1 aromatic heterocycles. The number of nitrogens with zero attached hydrogens (tertiary/aromatic N) is 3. The molecule has 5 heteroatoms. The molecule has 1 fully saturated rings. The summed E-state index contributed by atoms with van der Waals surface area (Å²) in [4.78, 5) is 13.1. The third kappa shape index (κ3) is 2.20. The number of hydrogen-bond acceptors (Lipinski definition) is 3. The number of aliphatic carboxylic acids is 1. The van der Waals surface area contributed by atoms with Crippen molar-refractivity contribution in [2.45, 2.75) is 33.2 Å². The molecule has 1 aliphatic rings. The first kappa shape index (κ1) is 12.1. The summed E-state index contributed by atoms with van der Waals surface area (Å²) in [6.45, 7) is 9.10. The van der Waals surface area contributed by atoms with Crippen molar-refractivity contribution in [1.82, 2.24) is 14.7 Å². The molecule has 0 unspecified atom stereocenters. The highest BCUT2D eigenvalue weighted by Crippen LogP contribution is 2.24. The van der Waals surface area contributed by atoms with Gasteiger partial charge in [-0.25, -0.2) is 0 Å². The van der Waals surface area contributed by atoms with Gasteiger partial charge in [0.1, 0.15) is 0 Å². The summed E-state index contributed by atoms with van der Waals surface area (Å²) in [5.41, 5.74) is 2.72. The zero-order valence-corrected chi connectivity index (χ0v) is 10.6. The molecule has 1 saturated heterocycles. The van der Waals surface area contributed by atoms with Crippen LogP contribution in [-0.4, -0.2) is 45.4 Å². The van der Waals surface area contributed by atoms with Gasteiger partial charge in [-0.3, -0.25) is 14.4 Å². The van der Waals surface area contributed by atoms with E-state index in [4.69, 9.17) is 5.11 Å². The Labute approximate surface area is 101 Å². The number of carboxylic acid groups (broad SMARTS) is 1. The Morgan fingerprint density at radius 3 is 2.65 bits per heavy atom. The number of carboxylic acids is 1. The van der Waals surface area contributed by atoms with Gasteiger partial charge in [-0.1, -0.05) is 6.92 Å². The number of aromatic nitrogens is 2. The van der Waals surface area contributed by atoms with Gasteiger partial charge in [-0.2, -0.15) is 5.10 Å². The molecule has 1 aromatic rings. The lowest BCUT2D eigenvalue weighted by atomic mass is 10.1. The van der Waals surface area contributed by atoms with Gasteiger partial charge in [-0.05, 0) is 20.4 Å². The van der Waals surface area contributed by atoms with Gasteiger partial charge >= 0.3 is 5.97 Å². The van der Waals surface area contributed by atoms with E-state index in [0.717, 1.165) is 36.6 Å². The lowest BCUT2D eigenvalue weighted by Gasteiger charge is -2.39. The molecule has 0 saturated carbocycles. The summed E-state index contributed by atoms with van der Waals surface area (Å²) >= 11 is 0. The minimum atomic E-state index is -0.792. The van der Waals surface area contributed by atoms with E-state index in [-0.39, 0.29) is 6.42 Å². The first-order valence-electron chi connectivity index (χ1n) is 6.01. The number of hydrogen-bond donors (Lipinski definition) is 1. The van der Waals surface area contributed by atoms with Gasteiger partial charge in [0.05, 0.1) is 18.2 Å². The molecule has 0 spiro atoms. The molecule has 94 valence electrons. The van der Waals surface area contributed by atoms with Crippen LogP contribution in [0.15, 0.2) is 0 Å². The van der Waals surface area contributed by atoms with E-state index in [1.807, 2.05) is 18.5 Å². The van der Waals surface area contributed by atoms with E-state index < -0.39 is 5.97 Å². The van der Waals surface area contributed by atoms with Crippen LogP contribution in [0.5, 0.6) is 0 Å². The Balaban J connectivity index is 2.17. The third-order valence-electron chi connectivity index (χ3n) is 3.53. The second kappa shape index (κ2) is 4.49. The van der Waals surface area contributed by atoms with Crippen LogP contribution < -0.4 is 0 Å². The molecule has 0 aromatic carbocycles. The lowest BCUT2D eigenvalue weighted by Crippen LogP contribution is -2.47. The fourth-order valence-corrected chi connectivity index (χ4v) is 2.42. The molecule has 0 bridgehead atoms. The molecule has 2 heterocycles. The third-order valence-corrected chi connectivity index (χ3v) is 3.53. The molecule has 1 N–H and O–H groups in total. The Morgan fingerprint density at radius 2 is 2.12 bits per heavy atom. The SMILES string of the molecule is CCN1CC(n2nc(C)c(CC(=O)O)c2C)C1. The molecule has 0 amide bonds. The summed E-state index contributed by atoms with van der Waals surface area (Å²) < 4.78 is 2.00. The molecule has 0 aliphatic carbocycles. The quantitative estimate of drug-likeness (QED) is 0.849. The number of aryl methyl sites for hydroxylation is 1. The van der Waals surface area contributed by atoms with Crippen molar-refractivity contribution in [3.05, 3.63) is 17.0 Å². The van der Waals surface area contributed by atoms with E-state index in [0.29, 0.717) is 6.04 Å². The highest BCUT2D eigenvalue weighted by atomic mass is 16.4. The summed E-state index contributed by atoms with van der Waals surface area (Å²) in [6.07, 6.45) is 0.0713. The lowest BCUT2D eigenvalue weighted by molar-refractivity contribution is -0.136. The minimum Gasteiger partial charge on any atom is -0.481 e. The minimum absolute atomic E-state index is 0.0713. The summed E-state index contributed by atoms with van der Waals surface area (Å²) in [5.74, 6) is -0.792. The van der Waals surface area contributed by atoms with E-state index >= 15 is 0 Å². The van der Waals surface area contributed by atoms with Crippen LogP contribution >= 0.6 is 0 Å². The van der Waals surface area contributed by atoms with Crippen LogP contribution in [0.4, 0.5) is 0 Å². The van der Waals surface area contributed by atoms with Crippen LogP contribution in [0.2, 0.25) is 0 Å². The van der Waals surface area contributed by atoms with Crippen LogP contribution in [0.25, 0.3) is 0 Å². The number of likely N-dealkylation sites (N-methyl/N-ethyl adjacent to an activating group) is 1. The molecule has 2 rings (SSSR count). The van der Waals surface area contributed by atoms with Gasteiger partial charge in [0.25, 0.3) is 0 Å². The standard InChI is InChI=1S/C12H19N3O2/c1-4-14-6-10(7-14)15-9(3)11(5-12(16)17)8(2)13-15/h10H,4-7H2,1-3H3,(H,16,17). The predicted octanol–water partition coefficient (Wildman–Crippen LogP) is 1.00. The van der Waals surface area contributed by atoms with Crippen molar-refractivity contribution in [3.63, 3.8) is 0 Å². The number of rotatable bonds is 4. The summed E-state index contributed by atoms with van der Waals surface area (Å²) in [7, 11) is 0. The van der Waals surface area contributed by atoms with E-state index in [1.54, 1.807) is 0 Å². The largest absolute Gasteiger partial charge is 0.481 e. The van der Waals surface area contributed by atoms with Gasteiger partial charge < -0.3 is 5.11 Å². The molecule has 0 atom stereocenters. The van der Waals surface area contributed by atoms with Crippen molar-refractivity contribution < 1.29 is 9.90 Å². The van der Waals surface area contributed by atoms with Crippen molar-refractivity contribution in [2.24, 2.45) is 0 Å². The van der Waals surface area contributed by atoms with Crippen LogP contribution in [0, 0.1) is 13.8 Å².